The van der Waals surface area contributed by atoms with E-state index in [9.17, 15) is 0 Å². The quantitative estimate of drug-likeness (QED) is 0.348. The molecular weight excluding hydrogens is 232 g/mol. The fraction of sp³-hybridized carbons (Fsp3) is 1.00. The third-order valence-electron chi connectivity index (χ3n) is 0.814. The van der Waals surface area contributed by atoms with Crippen molar-refractivity contribution in [1.29, 1.82) is 0 Å². The Labute approximate surface area is 63.9 Å². The van der Waals surface area contributed by atoms with Crippen molar-refractivity contribution in [2.45, 2.75) is 19.5 Å². The summed E-state index contributed by atoms with van der Waals surface area (Å²) in [5, 5.41) is 0. The third-order valence-corrected chi connectivity index (χ3v) is 5.44. The van der Waals surface area contributed by atoms with Crippen molar-refractivity contribution in [2.75, 3.05) is 8.86 Å². The van der Waals surface area contributed by atoms with Crippen molar-refractivity contribution in [3.63, 3.8) is 0 Å². The standard InChI is InChI=1S/C5H14INP/c1-3-6-4-5(2)8-7/h5,8H,3-4,7H2,1-2H3/q-1/t5-/m1/s1. The summed E-state index contributed by atoms with van der Waals surface area (Å²) < 4.78 is 2.83. The van der Waals surface area contributed by atoms with E-state index in [1.807, 2.05) is 0 Å². The van der Waals surface area contributed by atoms with Gasteiger partial charge in [-0.3, -0.25) is 0 Å². The molecule has 1 nitrogen and oxygen atoms in total. The summed E-state index contributed by atoms with van der Waals surface area (Å²) in [6.45, 7) is 4.51. The molecule has 0 saturated heterocycles. The molecule has 0 aliphatic rings. The molecule has 0 radical (unpaired) electrons. The monoisotopic (exact) mass is 246 g/mol. The number of hydrogen-bond acceptors (Lipinski definition) is 1. The summed E-state index contributed by atoms with van der Waals surface area (Å²) in [6.07, 6.45) is 0. The molecule has 2 atom stereocenters. The van der Waals surface area contributed by atoms with Gasteiger partial charge >= 0.3 is 63.8 Å². The fourth-order valence-corrected chi connectivity index (χ4v) is 3.46. The van der Waals surface area contributed by atoms with E-state index in [-0.39, 0.29) is 0 Å². The van der Waals surface area contributed by atoms with E-state index in [4.69, 9.17) is 5.50 Å². The Morgan fingerprint density at radius 1 is 1.75 bits per heavy atom. The van der Waals surface area contributed by atoms with Crippen molar-refractivity contribution in [2.24, 2.45) is 5.50 Å². The molecule has 0 amide bonds. The summed E-state index contributed by atoms with van der Waals surface area (Å²) in [5.74, 6) is 0. The predicted molar refractivity (Wildman–Crippen MR) is 37.4 cm³/mol. The van der Waals surface area contributed by atoms with Crippen LogP contribution in [0, 0.1) is 0 Å². The van der Waals surface area contributed by atoms with E-state index in [0.29, 0.717) is 29.9 Å². The Morgan fingerprint density at radius 2 is 2.38 bits per heavy atom. The number of nitrogens with two attached hydrogens (primary N) is 1. The van der Waals surface area contributed by atoms with Crippen molar-refractivity contribution in [1.82, 2.24) is 0 Å². The van der Waals surface area contributed by atoms with E-state index < -0.39 is 0 Å². The molecule has 0 aliphatic carbocycles. The summed E-state index contributed by atoms with van der Waals surface area (Å²) in [4.78, 5) is 0. The van der Waals surface area contributed by atoms with E-state index >= 15 is 0 Å². The van der Waals surface area contributed by atoms with Crippen LogP contribution in [0.3, 0.4) is 0 Å². The van der Waals surface area contributed by atoms with Crippen molar-refractivity contribution >= 4 is 8.73 Å². The van der Waals surface area contributed by atoms with Gasteiger partial charge in [-0.1, -0.05) is 0 Å². The number of alkyl halides is 2. The zero-order chi connectivity index (χ0) is 6.41. The molecule has 0 heterocycles. The van der Waals surface area contributed by atoms with Gasteiger partial charge in [-0.05, 0) is 0 Å². The van der Waals surface area contributed by atoms with Crippen LogP contribution in [0.25, 0.3) is 0 Å². The Bertz CT molecular complexity index is 51.7. The molecular formula is C5H14INP-. The van der Waals surface area contributed by atoms with Crippen LogP contribution in [-0.4, -0.2) is 14.5 Å². The second-order valence-corrected chi connectivity index (χ2v) is 6.48. The van der Waals surface area contributed by atoms with Gasteiger partial charge in [-0.2, -0.15) is 0 Å². The first-order valence-electron chi connectivity index (χ1n) is 2.80. The second-order valence-electron chi connectivity index (χ2n) is 1.68. The predicted octanol–water partition coefficient (Wildman–Crippen LogP) is -1.96. The minimum atomic E-state index is 0.508. The second kappa shape index (κ2) is 6.24. The molecule has 1 unspecified atom stereocenters. The minimum absolute atomic E-state index is 0.508. The number of hydrogen-bond donors (Lipinski definition) is 1. The van der Waals surface area contributed by atoms with E-state index in [2.05, 4.69) is 13.8 Å². The molecule has 0 fully saturated rings. The number of halogens is 1. The van der Waals surface area contributed by atoms with Gasteiger partial charge in [-0.15, -0.1) is 0 Å². The van der Waals surface area contributed by atoms with Gasteiger partial charge in [0.2, 0.25) is 0 Å². The zero-order valence-electron chi connectivity index (χ0n) is 5.45. The van der Waals surface area contributed by atoms with Gasteiger partial charge in [0, 0.05) is 0 Å². The topological polar surface area (TPSA) is 26.0 Å². The van der Waals surface area contributed by atoms with Gasteiger partial charge in [0.1, 0.15) is 0 Å². The zero-order valence-corrected chi connectivity index (χ0v) is 8.60. The van der Waals surface area contributed by atoms with Crippen LogP contribution in [-0.2, 0) is 0 Å². The van der Waals surface area contributed by atoms with Gasteiger partial charge in [0.05, 0.1) is 0 Å². The van der Waals surface area contributed by atoms with Crippen LogP contribution in [0.4, 0.5) is 0 Å². The van der Waals surface area contributed by atoms with Crippen LogP contribution in [0.15, 0.2) is 0 Å². The maximum atomic E-state index is 5.46. The normalized spacial score (nSPS) is 15.9. The summed E-state index contributed by atoms with van der Waals surface area (Å²) in [6, 6.07) is 0. The first-order chi connectivity index (χ1) is 3.81. The van der Waals surface area contributed by atoms with Crippen LogP contribution in [0.2, 0.25) is 0 Å². The van der Waals surface area contributed by atoms with E-state index in [0.717, 1.165) is 5.66 Å². The molecule has 0 aromatic heterocycles. The average Bonchev–Trinajstić information content (AvgIpc) is 1.83. The SMILES string of the molecule is CC[I-]C[C@@H](C)PN. The van der Waals surface area contributed by atoms with Crippen LogP contribution >= 0.6 is 8.73 Å². The Morgan fingerprint density at radius 3 is 2.75 bits per heavy atom. The molecule has 8 heavy (non-hydrogen) atoms. The molecule has 0 spiro atoms. The maximum absolute atomic E-state index is 5.46. The third kappa shape index (κ3) is 5.26. The van der Waals surface area contributed by atoms with Crippen LogP contribution < -0.4 is 26.7 Å². The number of rotatable bonds is 4. The first kappa shape index (κ1) is 9.12. The van der Waals surface area contributed by atoms with Gasteiger partial charge in [-0.25, -0.2) is 0 Å². The van der Waals surface area contributed by atoms with Crippen LogP contribution in [0.1, 0.15) is 13.8 Å². The fourth-order valence-electron chi connectivity index (χ4n) is 0.317. The van der Waals surface area contributed by atoms with Gasteiger partial charge in [0.15, 0.2) is 0 Å². The van der Waals surface area contributed by atoms with E-state index in [1.165, 1.54) is 8.86 Å². The molecule has 0 aromatic rings. The van der Waals surface area contributed by atoms with Crippen LogP contribution in [0.5, 0.6) is 0 Å². The molecule has 0 aromatic carbocycles. The molecule has 52 valence electrons. The summed E-state index contributed by atoms with van der Waals surface area (Å²) in [7, 11) is 0.669. The average molecular weight is 246 g/mol. The van der Waals surface area contributed by atoms with Crippen molar-refractivity contribution < 1.29 is 21.2 Å². The first-order valence-corrected chi connectivity index (χ1v) is 7.01. The Balaban J connectivity index is 2.86. The molecule has 0 saturated carbocycles. The Hall–Kier alpha value is 1.12. The van der Waals surface area contributed by atoms with Gasteiger partial charge < -0.3 is 0 Å². The van der Waals surface area contributed by atoms with E-state index in [1.54, 1.807) is 0 Å². The molecule has 0 rings (SSSR count). The molecule has 2 N–H and O–H groups in total. The molecule has 0 bridgehead atoms. The molecule has 0 aliphatic heterocycles. The van der Waals surface area contributed by atoms with Crippen molar-refractivity contribution in [3.8, 4) is 0 Å². The van der Waals surface area contributed by atoms with Crippen molar-refractivity contribution in [3.05, 3.63) is 0 Å². The summed E-state index contributed by atoms with van der Waals surface area (Å²) >= 11 is 0.508. The van der Waals surface area contributed by atoms with Gasteiger partial charge in [0.25, 0.3) is 0 Å². The Kier molecular flexibility index (Phi) is 7.12. The summed E-state index contributed by atoms with van der Waals surface area (Å²) in [5.41, 5.74) is 6.27. The molecule has 3 heteroatoms.